The largest absolute Gasteiger partial charge is 0.461 e. The van der Waals surface area contributed by atoms with Gasteiger partial charge in [0.1, 0.15) is 0 Å². The predicted molar refractivity (Wildman–Crippen MR) is 110 cm³/mol. The Labute approximate surface area is 167 Å². The molecule has 0 fully saturated rings. The Kier molecular flexibility index (Phi) is 4.22. The van der Waals surface area contributed by atoms with Gasteiger partial charge in [0, 0.05) is 44.6 Å². The molecule has 27 heavy (non-hydrogen) atoms. The Hall–Kier alpha value is -2.22. The molecule has 1 aliphatic rings. The van der Waals surface area contributed by atoms with Gasteiger partial charge < -0.3 is 9.40 Å². The number of benzene rings is 1. The second-order valence-corrected chi connectivity index (χ2v) is 8.54. The van der Waals surface area contributed by atoms with Crippen molar-refractivity contribution in [2.75, 3.05) is 6.54 Å². The monoisotopic (exact) mass is 441 g/mol. The number of hydrogen-bond acceptors (Lipinski definition) is 5. The van der Waals surface area contributed by atoms with Crippen LogP contribution in [0.3, 0.4) is 0 Å². The van der Waals surface area contributed by atoms with Gasteiger partial charge >= 0.3 is 0 Å². The number of furan rings is 1. The number of aromatic amines is 1. The zero-order valence-electron chi connectivity index (χ0n) is 14.4. The van der Waals surface area contributed by atoms with E-state index in [0.29, 0.717) is 24.6 Å². The van der Waals surface area contributed by atoms with Gasteiger partial charge in [-0.3, -0.25) is 9.69 Å². The van der Waals surface area contributed by atoms with Crippen molar-refractivity contribution in [2.24, 2.45) is 0 Å². The molecule has 7 heteroatoms. The highest BCUT2D eigenvalue weighted by Crippen LogP contribution is 2.36. The fourth-order valence-electron chi connectivity index (χ4n) is 3.53. The van der Waals surface area contributed by atoms with Crippen molar-refractivity contribution in [2.45, 2.75) is 19.5 Å². The molecule has 0 radical (unpaired) electrons. The molecule has 5 nitrogen and oxygen atoms in total. The Morgan fingerprint density at radius 1 is 1.26 bits per heavy atom. The van der Waals surface area contributed by atoms with E-state index in [-0.39, 0.29) is 5.56 Å². The fourth-order valence-corrected chi connectivity index (χ4v) is 5.51. The minimum absolute atomic E-state index is 0.0610. The lowest BCUT2D eigenvalue weighted by Gasteiger charge is -2.27. The summed E-state index contributed by atoms with van der Waals surface area (Å²) in [5.74, 6) is 1.08. The molecule has 0 unspecified atom stereocenters. The first-order valence-electron chi connectivity index (χ1n) is 8.73. The van der Waals surface area contributed by atoms with E-state index in [1.165, 1.54) is 19.4 Å². The van der Waals surface area contributed by atoms with Gasteiger partial charge in [-0.25, -0.2) is 4.98 Å². The van der Waals surface area contributed by atoms with Gasteiger partial charge in [0.25, 0.3) is 5.56 Å². The van der Waals surface area contributed by atoms with Crippen LogP contribution in [0.4, 0.5) is 0 Å². The Morgan fingerprint density at radius 3 is 2.96 bits per heavy atom. The van der Waals surface area contributed by atoms with E-state index in [9.17, 15) is 4.79 Å². The summed E-state index contributed by atoms with van der Waals surface area (Å²) in [5.41, 5.74) is 1.57. The summed E-state index contributed by atoms with van der Waals surface area (Å²) in [6.45, 7) is 2.34. The maximum absolute atomic E-state index is 12.5. The summed E-state index contributed by atoms with van der Waals surface area (Å²) in [6, 6.07) is 12.0. The Balaban J connectivity index is 1.45. The lowest BCUT2D eigenvalue weighted by atomic mass is 10.1. The van der Waals surface area contributed by atoms with Crippen molar-refractivity contribution in [1.29, 1.82) is 0 Å². The summed E-state index contributed by atoms with van der Waals surface area (Å²) < 4.78 is 7.84. The third-order valence-electron chi connectivity index (χ3n) is 4.88. The summed E-state index contributed by atoms with van der Waals surface area (Å²) >= 11 is 5.57. The number of thiophene rings is 1. The number of nitrogens with zero attached hydrogens (tertiary/aromatic N) is 2. The molecule has 4 heterocycles. The van der Waals surface area contributed by atoms with Crippen LogP contribution in [0.15, 0.2) is 56.3 Å². The maximum Gasteiger partial charge on any atom is 0.254 e. The molecule has 1 aliphatic heterocycles. The number of aromatic nitrogens is 2. The van der Waals surface area contributed by atoms with Gasteiger partial charge in [-0.1, -0.05) is 18.2 Å². The van der Waals surface area contributed by atoms with Crippen molar-refractivity contribution in [3.63, 3.8) is 0 Å². The zero-order valence-corrected chi connectivity index (χ0v) is 16.8. The van der Waals surface area contributed by atoms with Crippen LogP contribution in [0.5, 0.6) is 0 Å². The molecule has 5 rings (SSSR count). The third-order valence-corrected chi connectivity index (χ3v) is 7.20. The lowest BCUT2D eigenvalue weighted by Crippen LogP contribution is -2.34. The van der Waals surface area contributed by atoms with Crippen molar-refractivity contribution in [3.05, 3.63) is 73.6 Å². The first-order valence-corrected chi connectivity index (χ1v) is 10.3. The molecule has 0 saturated carbocycles. The summed E-state index contributed by atoms with van der Waals surface area (Å²) in [4.78, 5) is 23.6. The molecule has 0 aliphatic carbocycles. The van der Waals surface area contributed by atoms with Crippen molar-refractivity contribution < 1.29 is 4.42 Å². The molecule has 4 aromatic rings. The molecule has 0 atom stereocenters. The molecule has 0 saturated heterocycles. The molecule has 0 amide bonds. The molecule has 0 spiro atoms. The highest BCUT2D eigenvalue weighted by atomic mass is 79.9. The van der Waals surface area contributed by atoms with E-state index in [1.807, 2.05) is 11.3 Å². The average Bonchev–Trinajstić information content (AvgIpc) is 3.31. The number of H-pyrrole nitrogens is 1. The predicted octanol–water partition coefficient (Wildman–Crippen LogP) is 4.57. The van der Waals surface area contributed by atoms with Crippen molar-refractivity contribution >= 4 is 37.4 Å². The number of halogens is 1. The molecule has 1 aromatic carbocycles. The van der Waals surface area contributed by atoms with Crippen LogP contribution in [0.25, 0.3) is 21.7 Å². The molecular weight excluding hydrogens is 426 g/mol. The van der Waals surface area contributed by atoms with Crippen LogP contribution in [-0.4, -0.2) is 21.4 Å². The van der Waals surface area contributed by atoms with Crippen LogP contribution >= 0.6 is 27.3 Å². The van der Waals surface area contributed by atoms with Crippen molar-refractivity contribution in [1.82, 2.24) is 14.9 Å². The quantitative estimate of drug-likeness (QED) is 0.505. The minimum Gasteiger partial charge on any atom is -0.461 e. The summed E-state index contributed by atoms with van der Waals surface area (Å²) in [6.07, 6.45) is 2.29. The van der Waals surface area contributed by atoms with E-state index in [1.54, 1.807) is 18.4 Å². The molecule has 3 aromatic heterocycles. The van der Waals surface area contributed by atoms with Gasteiger partial charge in [-0.2, -0.15) is 0 Å². The highest BCUT2D eigenvalue weighted by molar-refractivity contribution is 9.10. The highest BCUT2D eigenvalue weighted by Gasteiger charge is 2.23. The Morgan fingerprint density at radius 2 is 2.15 bits per heavy atom. The van der Waals surface area contributed by atoms with Crippen LogP contribution < -0.4 is 5.56 Å². The topological polar surface area (TPSA) is 62.1 Å². The van der Waals surface area contributed by atoms with Crippen molar-refractivity contribution in [3.8, 4) is 11.6 Å². The van der Waals surface area contributed by atoms with Gasteiger partial charge in [0.2, 0.25) is 0 Å². The third kappa shape index (κ3) is 3.05. The summed E-state index contributed by atoms with van der Waals surface area (Å²) in [5, 5.41) is 1.25. The second-order valence-electron chi connectivity index (χ2n) is 6.61. The van der Waals surface area contributed by atoms with E-state index in [2.05, 4.69) is 55.1 Å². The average molecular weight is 442 g/mol. The smallest absolute Gasteiger partial charge is 0.254 e. The van der Waals surface area contributed by atoms with E-state index in [0.717, 1.165) is 24.3 Å². The second kappa shape index (κ2) is 6.74. The number of nitrogens with one attached hydrogen (secondary N) is 1. The first-order chi connectivity index (χ1) is 13.2. The zero-order chi connectivity index (χ0) is 18.4. The SMILES string of the molecule is O=c1[nH]c(-c2ccco2)nc2c1CCN(Cc1sc3ccccc3c1Br)C2. The normalized spacial score (nSPS) is 14.6. The van der Waals surface area contributed by atoms with E-state index < -0.39 is 0 Å². The maximum atomic E-state index is 12.5. The number of fused-ring (bicyclic) bond motifs is 2. The van der Waals surface area contributed by atoms with Crippen LogP contribution in [0.1, 0.15) is 16.1 Å². The lowest BCUT2D eigenvalue weighted by molar-refractivity contribution is 0.242. The van der Waals surface area contributed by atoms with Crippen LogP contribution in [0.2, 0.25) is 0 Å². The van der Waals surface area contributed by atoms with Gasteiger partial charge in [-0.15, -0.1) is 11.3 Å². The number of hydrogen-bond donors (Lipinski definition) is 1. The summed E-state index contributed by atoms with van der Waals surface area (Å²) in [7, 11) is 0. The van der Waals surface area contributed by atoms with Gasteiger partial charge in [0.05, 0.1) is 12.0 Å². The van der Waals surface area contributed by atoms with Crippen LogP contribution in [0, 0.1) is 0 Å². The van der Waals surface area contributed by atoms with Crippen LogP contribution in [-0.2, 0) is 19.5 Å². The molecule has 136 valence electrons. The van der Waals surface area contributed by atoms with Gasteiger partial charge in [0.15, 0.2) is 11.6 Å². The van der Waals surface area contributed by atoms with Gasteiger partial charge in [-0.05, 0) is 40.5 Å². The molecule has 1 N–H and O–H groups in total. The minimum atomic E-state index is -0.0610. The first kappa shape index (κ1) is 16.9. The molecule has 0 bridgehead atoms. The van der Waals surface area contributed by atoms with E-state index >= 15 is 0 Å². The fraction of sp³-hybridized carbons (Fsp3) is 0.200. The molecular formula is C20H16BrN3O2S. The number of rotatable bonds is 3. The van der Waals surface area contributed by atoms with E-state index in [4.69, 9.17) is 4.42 Å². The standard InChI is InChI=1S/C20H16BrN3O2S/c21-18-13-4-1-2-6-16(13)27-17(18)11-24-8-7-12-14(10-24)22-19(23-20(12)25)15-5-3-9-26-15/h1-6,9H,7-8,10-11H2,(H,22,23,25). The Bertz CT molecular complexity index is 1180.